The zero-order valence-corrected chi connectivity index (χ0v) is 19.7. The number of carbonyl (C=O) groups excluding carboxylic acids is 3. The summed E-state index contributed by atoms with van der Waals surface area (Å²) in [5, 5.41) is 2.86. The summed E-state index contributed by atoms with van der Waals surface area (Å²) in [6.45, 7) is 6.38. The minimum Gasteiger partial charge on any atom is -0.353 e. The van der Waals surface area contributed by atoms with E-state index in [0.29, 0.717) is 31.5 Å². The molecule has 34 heavy (non-hydrogen) atoms. The molecule has 2 heterocycles. The van der Waals surface area contributed by atoms with Crippen LogP contribution in [0.15, 0.2) is 48.5 Å². The van der Waals surface area contributed by atoms with E-state index < -0.39 is 23.5 Å². The molecule has 1 spiro atoms. The largest absolute Gasteiger partial charge is 0.353 e. The van der Waals surface area contributed by atoms with Crippen LogP contribution in [0.4, 0.5) is 4.39 Å². The highest BCUT2D eigenvalue weighted by Gasteiger charge is 2.54. The molecule has 2 fully saturated rings. The van der Waals surface area contributed by atoms with Gasteiger partial charge in [0.1, 0.15) is 17.6 Å². The van der Waals surface area contributed by atoms with E-state index >= 15 is 0 Å². The zero-order valence-electron chi connectivity index (χ0n) is 19.7. The Bertz CT molecular complexity index is 1090. The second-order valence-electron chi connectivity index (χ2n) is 9.23. The molecule has 7 nitrogen and oxygen atoms in total. The van der Waals surface area contributed by atoms with E-state index in [1.807, 2.05) is 39.0 Å². The number of ether oxygens (including phenoxy) is 1. The van der Waals surface area contributed by atoms with Crippen molar-refractivity contribution in [2.24, 2.45) is 0 Å². The van der Waals surface area contributed by atoms with Gasteiger partial charge >= 0.3 is 0 Å². The second kappa shape index (κ2) is 9.54. The Morgan fingerprint density at radius 3 is 2.41 bits per heavy atom. The lowest BCUT2D eigenvalue weighted by atomic mass is 9.95. The maximum absolute atomic E-state index is 13.9. The van der Waals surface area contributed by atoms with Gasteiger partial charge in [0.05, 0.1) is 6.61 Å². The second-order valence-corrected chi connectivity index (χ2v) is 9.23. The number of hydrogen-bond acceptors (Lipinski definition) is 4. The number of amides is 3. The molecule has 0 aliphatic carbocycles. The van der Waals surface area contributed by atoms with Crippen LogP contribution in [0.25, 0.3) is 0 Å². The summed E-state index contributed by atoms with van der Waals surface area (Å²) in [5.41, 5.74) is 0.668. The van der Waals surface area contributed by atoms with E-state index in [4.69, 9.17) is 4.74 Å². The number of hydrogen-bond donors (Lipinski definition) is 1. The van der Waals surface area contributed by atoms with Crippen LogP contribution in [-0.4, -0.2) is 65.0 Å². The fraction of sp³-hybridized carbons (Fsp3) is 0.423. The number of rotatable bonds is 4. The van der Waals surface area contributed by atoms with Crippen molar-refractivity contribution in [2.75, 3.05) is 19.7 Å². The summed E-state index contributed by atoms with van der Waals surface area (Å²) >= 11 is 0. The van der Waals surface area contributed by atoms with E-state index in [0.717, 1.165) is 5.56 Å². The molecule has 1 atom stereocenters. The first-order valence-corrected chi connectivity index (χ1v) is 11.6. The molecule has 3 amide bonds. The molecule has 4 rings (SSSR count). The molecule has 180 valence electrons. The van der Waals surface area contributed by atoms with E-state index in [1.165, 1.54) is 29.2 Å². The molecule has 0 bridgehead atoms. The van der Waals surface area contributed by atoms with E-state index in [2.05, 4.69) is 5.32 Å². The van der Waals surface area contributed by atoms with Crippen molar-refractivity contribution < 1.29 is 23.5 Å². The number of nitrogens with zero attached hydrogens (tertiary/aromatic N) is 2. The predicted octanol–water partition coefficient (Wildman–Crippen LogP) is 3.13. The van der Waals surface area contributed by atoms with Crippen LogP contribution in [0.2, 0.25) is 0 Å². The summed E-state index contributed by atoms with van der Waals surface area (Å²) in [4.78, 5) is 42.9. The third-order valence-electron chi connectivity index (χ3n) is 6.49. The van der Waals surface area contributed by atoms with Crippen molar-refractivity contribution in [2.45, 2.75) is 51.4 Å². The van der Waals surface area contributed by atoms with E-state index in [1.54, 1.807) is 11.0 Å². The van der Waals surface area contributed by atoms with Crippen molar-refractivity contribution in [1.29, 1.82) is 0 Å². The highest BCUT2D eigenvalue weighted by molar-refractivity contribution is 5.99. The van der Waals surface area contributed by atoms with Gasteiger partial charge in [-0.2, -0.15) is 0 Å². The summed E-state index contributed by atoms with van der Waals surface area (Å²) in [5.74, 6) is -1.36. The smallest absolute Gasteiger partial charge is 0.256 e. The van der Waals surface area contributed by atoms with Crippen LogP contribution in [0.3, 0.4) is 0 Å². The Kier molecular flexibility index (Phi) is 6.70. The molecule has 0 radical (unpaired) electrons. The van der Waals surface area contributed by atoms with Crippen LogP contribution in [0.5, 0.6) is 0 Å². The van der Waals surface area contributed by atoms with Crippen LogP contribution in [-0.2, 0) is 9.53 Å². The Morgan fingerprint density at radius 2 is 1.76 bits per heavy atom. The third kappa shape index (κ3) is 4.55. The van der Waals surface area contributed by atoms with Crippen molar-refractivity contribution in [1.82, 2.24) is 15.1 Å². The Morgan fingerprint density at radius 1 is 1.06 bits per heavy atom. The number of likely N-dealkylation sites (tertiary alicyclic amines) is 1. The average Bonchev–Trinajstić information content (AvgIpc) is 3.17. The standard InChI is InChI=1S/C26H30FN3O4/c1-17(2)28-23(31)22-16-34-26(30(22)24(32)19-8-6-9-20(27)15-19)11-13-29(14-12-26)25(33)21-10-5-4-7-18(21)3/h4-10,15,17,22H,11-14,16H2,1-3H3,(H,28,31). The topological polar surface area (TPSA) is 79.0 Å². The van der Waals surface area contributed by atoms with Gasteiger partial charge in [0, 0.05) is 43.1 Å². The molecule has 0 saturated carbocycles. The van der Waals surface area contributed by atoms with Gasteiger partial charge < -0.3 is 15.0 Å². The molecule has 8 heteroatoms. The molecular weight excluding hydrogens is 437 g/mol. The monoisotopic (exact) mass is 467 g/mol. The molecule has 2 saturated heterocycles. The molecular formula is C26H30FN3O4. The van der Waals surface area contributed by atoms with E-state index in [9.17, 15) is 18.8 Å². The lowest BCUT2D eigenvalue weighted by molar-refractivity contribution is -0.128. The zero-order chi connectivity index (χ0) is 24.5. The molecule has 2 aliphatic rings. The summed E-state index contributed by atoms with van der Waals surface area (Å²) in [7, 11) is 0. The Labute approximate surface area is 198 Å². The quantitative estimate of drug-likeness (QED) is 0.750. The van der Waals surface area contributed by atoms with Crippen molar-refractivity contribution >= 4 is 17.7 Å². The minimum atomic E-state index is -1.04. The maximum Gasteiger partial charge on any atom is 0.256 e. The number of carbonyl (C=O) groups is 3. The maximum atomic E-state index is 13.9. The molecule has 2 aromatic carbocycles. The lowest BCUT2D eigenvalue weighted by Gasteiger charge is -2.44. The van der Waals surface area contributed by atoms with Crippen LogP contribution in [0.1, 0.15) is 53.0 Å². The fourth-order valence-corrected chi connectivity index (χ4v) is 4.75. The molecule has 2 aromatic rings. The van der Waals surface area contributed by atoms with Crippen LogP contribution in [0, 0.1) is 12.7 Å². The number of piperidine rings is 1. The van der Waals surface area contributed by atoms with Gasteiger partial charge in [-0.15, -0.1) is 0 Å². The number of nitrogens with one attached hydrogen (secondary N) is 1. The lowest BCUT2D eigenvalue weighted by Crippen LogP contribution is -2.60. The highest BCUT2D eigenvalue weighted by Crippen LogP contribution is 2.39. The first-order chi connectivity index (χ1) is 16.2. The Balaban J connectivity index is 1.59. The van der Waals surface area contributed by atoms with Gasteiger partial charge in [-0.1, -0.05) is 24.3 Å². The van der Waals surface area contributed by atoms with Gasteiger partial charge in [-0.05, 0) is 50.6 Å². The van der Waals surface area contributed by atoms with Crippen LogP contribution < -0.4 is 5.32 Å². The third-order valence-corrected chi connectivity index (χ3v) is 6.49. The van der Waals surface area contributed by atoms with Crippen LogP contribution >= 0.6 is 0 Å². The molecule has 2 aliphatic heterocycles. The first kappa shape index (κ1) is 23.9. The average molecular weight is 468 g/mol. The van der Waals surface area contributed by atoms with Gasteiger partial charge in [0.25, 0.3) is 11.8 Å². The highest BCUT2D eigenvalue weighted by atomic mass is 19.1. The molecule has 1 N–H and O–H groups in total. The van der Waals surface area contributed by atoms with Crippen molar-refractivity contribution in [3.63, 3.8) is 0 Å². The number of aryl methyl sites for hydroxylation is 1. The fourth-order valence-electron chi connectivity index (χ4n) is 4.75. The summed E-state index contributed by atoms with van der Waals surface area (Å²) in [6, 6.07) is 11.9. The normalized spacial score (nSPS) is 19.5. The summed E-state index contributed by atoms with van der Waals surface area (Å²) in [6.07, 6.45) is 0.717. The van der Waals surface area contributed by atoms with Gasteiger partial charge in [0.15, 0.2) is 0 Å². The number of halogens is 1. The van der Waals surface area contributed by atoms with Crippen molar-refractivity contribution in [3.05, 3.63) is 71.0 Å². The number of benzene rings is 2. The molecule has 1 unspecified atom stereocenters. The van der Waals surface area contributed by atoms with Gasteiger partial charge in [-0.25, -0.2) is 4.39 Å². The van der Waals surface area contributed by atoms with Gasteiger partial charge in [-0.3, -0.25) is 19.3 Å². The minimum absolute atomic E-state index is 0.0470. The Hall–Kier alpha value is -3.26. The van der Waals surface area contributed by atoms with Gasteiger partial charge in [0.2, 0.25) is 5.91 Å². The van der Waals surface area contributed by atoms with Crippen molar-refractivity contribution in [3.8, 4) is 0 Å². The molecule has 0 aromatic heterocycles. The van der Waals surface area contributed by atoms with E-state index in [-0.39, 0.29) is 30.0 Å². The summed E-state index contributed by atoms with van der Waals surface area (Å²) < 4.78 is 20.0. The first-order valence-electron chi connectivity index (χ1n) is 11.6. The predicted molar refractivity (Wildman–Crippen MR) is 125 cm³/mol. The SMILES string of the molecule is Cc1ccccc1C(=O)N1CCC2(CC1)OCC(C(=O)NC(C)C)N2C(=O)c1cccc(F)c1.